The molecule has 0 saturated carbocycles. The van der Waals surface area contributed by atoms with E-state index in [1.54, 1.807) is 6.20 Å². The van der Waals surface area contributed by atoms with Crippen molar-refractivity contribution in [2.75, 3.05) is 0 Å². The van der Waals surface area contributed by atoms with Gasteiger partial charge in [0.2, 0.25) is 0 Å². The molecule has 3 aliphatic rings. The molecular formula is C16H20N2O2. The van der Waals surface area contributed by atoms with Gasteiger partial charge in [-0.3, -0.25) is 9.89 Å². The molecule has 1 saturated heterocycles. The number of allylic oxidation sites excluding steroid dienone is 2. The highest BCUT2D eigenvalue weighted by Gasteiger charge is 2.48. The van der Waals surface area contributed by atoms with Crippen LogP contribution < -0.4 is 0 Å². The van der Waals surface area contributed by atoms with Crippen molar-refractivity contribution in [2.45, 2.75) is 38.5 Å². The number of hydrogen-bond acceptors (Lipinski definition) is 3. The fraction of sp³-hybridized carbons (Fsp3) is 0.500. The van der Waals surface area contributed by atoms with Gasteiger partial charge >= 0.3 is 6.09 Å². The van der Waals surface area contributed by atoms with E-state index in [0.29, 0.717) is 11.8 Å². The highest BCUT2D eigenvalue weighted by Crippen LogP contribution is 2.42. The van der Waals surface area contributed by atoms with Gasteiger partial charge in [0.15, 0.2) is 0 Å². The SMILES string of the molecule is CC(C)OC(=O)N1C2C=CC=CC2C2CC=NC=CC21. The smallest absolute Gasteiger partial charge is 0.411 e. The lowest BCUT2D eigenvalue weighted by atomic mass is 9.83. The van der Waals surface area contributed by atoms with Gasteiger partial charge in [-0.15, -0.1) is 0 Å². The quantitative estimate of drug-likeness (QED) is 0.736. The highest BCUT2D eigenvalue weighted by atomic mass is 16.6. The first kappa shape index (κ1) is 13.2. The van der Waals surface area contributed by atoms with Crippen molar-refractivity contribution in [3.05, 3.63) is 36.6 Å². The number of carbonyl (C=O) groups is 1. The number of ether oxygens (including phenoxy) is 1. The second-order valence-corrected chi connectivity index (χ2v) is 5.74. The monoisotopic (exact) mass is 272 g/mol. The van der Waals surface area contributed by atoms with Gasteiger partial charge in [-0.05, 0) is 32.3 Å². The van der Waals surface area contributed by atoms with Crippen molar-refractivity contribution < 1.29 is 9.53 Å². The number of aliphatic imine (C=N–C) groups is 1. The van der Waals surface area contributed by atoms with Crippen LogP contribution in [0.1, 0.15) is 20.3 Å². The first-order valence-electron chi connectivity index (χ1n) is 7.20. The minimum Gasteiger partial charge on any atom is -0.447 e. The molecule has 0 spiro atoms. The predicted octanol–water partition coefficient (Wildman–Crippen LogP) is 2.93. The van der Waals surface area contributed by atoms with Crippen molar-refractivity contribution in [2.24, 2.45) is 16.8 Å². The van der Waals surface area contributed by atoms with Crippen LogP contribution in [0.25, 0.3) is 0 Å². The van der Waals surface area contributed by atoms with Crippen molar-refractivity contribution in [3.8, 4) is 0 Å². The maximum atomic E-state index is 12.4. The largest absolute Gasteiger partial charge is 0.447 e. The van der Waals surface area contributed by atoms with E-state index in [1.165, 1.54) is 0 Å². The maximum Gasteiger partial charge on any atom is 0.411 e. The van der Waals surface area contributed by atoms with Crippen molar-refractivity contribution in [1.29, 1.82) is 0 Å². The van der Waals surface area contributed by atoms with Crippen LogP contribution in [0.5, 0.6) is 0 Å². The standard InChI is InChI=1S/C16H20N2O2/c1-11(2)20-16(19)18-14-6-4-3-5-12(14)13-7-9-17-10-8-15(13)18/h3-6,8-15H,7H2,1-2H3. The Labute approximate surface area is 119 Å². The number of fused-ring (bicyclic) bond motifs is 3. The second kappa shape index (κ2) is 5.27. The first-order chi connectivity index (χ1) is 9.68. The third-order valence-corrected chi connectivity index (χ3v) is 4.12. The van der Waals surface area contributed by atoms with Crippen LogP contribution in [-0.2, 0) is 4.74 Å². The predicted molar refractivity (Wildman–Crippen MR) is 78.5 cm³/mol. The zero-order valence-electron chi connectivity index (χ0n) is 11.8. The molecule has 0 N–H and O–H groups in total. The Morgan fingerprint density at radius 3 is 2.85 bits per heavy atom. The molecular weight excluding hydrogens is 252 g/mol. The van der Waals surface area contributed by atoms with E-state index in [-0.39, 0.29) is 24.3 Å². The van der Waals surface area contributed by atoms with Crippen molar-refractivity contribution >= 4 is 12.3 Å². The van der Waals surface area contributed by atoms with Crippen LogP contribution >= 0.6 is 0 Å². The minimum absolute atomic E-state index is 0.0612. The zero-order valence-corrected chi connectivity index (χ0v) is 11.8. The summed E-state index contributed by atoms with van der Waals surface area (Å²) in [6.45, 7) is 3.76. The fourth-order valence-corrected chi connectivity index (χ4v) is 3.34. The second-order valence-electron chi connectivity index (χ2n) is 5.74. The number of hydrogen-bond donors (Lipinski definition) is 0. The normalized spacial score (nSPS) is 34.0. The molecule has 20 heavy (non-hydrogen) atoms. The van der Waals surface area contributed by atoms with Crippen LogP contribution in [0.4, 0.5) is 4.79 Å². The van der Waals surface area contributed by atoms with Crippen molar-refractivity contribution in [3.63, 3.8) is 0 Å². The van der Waals surface area contributed by atoms with Gasteiger partial charge in [-0.2, -0.15) is 0 Å². The summed E-state index contributed by atoms with van der Waals surface area (Å²) >= 11 is 0. The van der Waals surface area contributed by atoms with Crippen LogP contribution in [0.15, 0.2) is 41.6 Å². The summed E-state index contributed by atoms with van der Waals surface area (Å²) in [4.78, 5) is 18.5. The summed E-state index contributed by atoms with van der Waals surface area (Å²) in [5, 5.41) is 0. The van der Waals surface area contributed by atoms with Crippen LogP contribution in [0.2, 0.25) is 0 Å². The lowest BCUT2D eigenvalue weighted by Crippen LogP contribution is -2.42. The molecule has 0 aromatic heterocycles. The molecule has 0 aromatic rings. The van der Waals surface area contributed by atoms with E-state index in [1.807, 2.05) is 37.1 Å². The highest BCUT2D eigenvalue weighted by molar-refractivity contribution is 5.71. The number of likely N-dealkylation sites (tertiary alicyclic amines) is 1. The maximum absolute atomic E-state index is 12.4. The van der Waals surface area contributed by atoms with Crippen molar-refractivity contribution in [1.82, 2.24) is 4.90 Å². The summed E-state index contributed by atoms with van der Waals surface area (Å²) in [6.07, 6.45) is 14.7. The molecule has 1 aliphatic carbocycles. The lowest BCUT2D eigenvalue weighted by molar-refractivity contribution is 0.0690. The van der Waals surface area contributed by atoms with Gasteiger partial charge in [0.25, 0.3) is 0 Å². The molecule has 3 rings (SSSR count). The van der Waals surface area contributed by atoms with Crippen LogP contribution in [-0.4, -0.2) is 35.4 Å². The number of carbonyl (C=O) groups excluding carboxylic acids is 1. The van der Waals surface area contributed by atoms with Gasteiger partial charge in [0.05, 0.1) is 18.2 Å². The Bertz CT molecular complexity index is 505. The Kier molecular flexibility index (Phi) is 3.47. The fourth-order valence-electron chi connectivity index (χ4n) is 3.34. The molecule has 0 radical (unpaired) electrons. The lowest BCUT2D eigenvalue weighted by Gasteiger charge is -2.29. The van der Waals surface area contributed by atoms with Gasteiger partial charge in [-0.1, -0.05) is 24.3 Å². The molecule has 2 aliphatic heterocycles. The summed E-state index contributed by atoms with van der Waals surface area (Å²) in [5.41, 5.74) is 0. The average molecular weight is 272 g/mol. The third kappa shape index (κ3) is 2.19. The number of nitrogens with zero attached hydrogens (tertiary/aromatic N) is 2. The molecule has 4 unspecified atom stereocenters. The molecule has 4 heteroatoms. The molecule has 106 valence electrons. The van der Waals surface area contributed by atoms with Gasteiger partial charge in [-0.25, -0.2) is 4.79 Å². The number of amides is 1. The average Bonchev–Trinajstić information content (AvgIpc) is 2.57. The third-order valence-electron chi connectivity index (χ3n) is 4.12. The molecule has 1 fully saturated rings. The van der Waals surface area contributed by atoms with E-state index < -0.39 is 0 Å². The van der Waals surface area contributed by atoms with Gasteiger partial charge < -0.3 is 4.74 Å². The molecule has 4 nitrogen and oxygen atoms in total. The van der Waals surface area contributed by atoms with E-state index in [0.717, 1.165) is 6.42 Å². The topological polar surface area (TPSA) is 41.9 Å². The Balaban J connectivity index is 1.92. The molecule has 2 heterocycles. The summed E-state index contributed by atoms with van der Waals surface area (Å²) in [6, 6.07) is 0.156. The Morgan fingerprint density at radius 1 is 1.25 bits per heavy atom. The van der Waals surface area contributed by atoms with E-state index >= 15 is 0 Å². The van der Waals surface area contributed by atoms with E-state index in [4.69, 9.17) is 4.74 Å². The molecule has 0 aromatic carbocycles. The zero-order chi connectivity index (χ0) is 14.1. The Hall–Kier alpha value is -1.84. The van der Waals surface area contributed by atoms with E-state index in [2.05, 4.69) is 23.2 Å². The van der Waals surface area contributed by atoms with Gasteiger partial charge in [0, 0.05) is 18.3 Å². The van der Waals surface area contributed by atoms with Crippen LogP contribution in [0, 0.1) is 11.8 Å². The first-order valence-corrected chi connectivity index (χ1v) is 7.20. The molecule has 0 bridgehead atoms. The molecule has 1 amide bonds. The minimum atomic E-state index is -0.228. The Morgan fingerprint density at radius 2 is 2.05 bits per heavy atom. The van der Waals surface area contributed by atoms with E-state index in [9.17, 15) is 4.79 Å². The summed E-state index contributed by atoms with van der Waals surface area (Å²) in [7, 11) is 0. The summed E-state index contributed by atoms with van der Waals surface area (Å²) < 4.78 is 5.43. The van der Waals surface area contributed by atoms with Crippen LogP contribution in [0.3, 0.4) is 0 Å². The molecule has 4 atom stereocenters. The summed E-state index contributed by atoms with van der Waals surface area (Å²) in [5.74, 6) is 0.724. The van der Waals surface area contributed by atoms with Gasteiger partial charge in [0.1, 0.15) is 0 Å². The number of rotatable bonds is 1.